The van der Waals surface area contributed by atoms with Gasteiger partial charge in [-0.2, -0.15) is 0 Å². The molecule has 1 aliphatic rings. The van der Waals surface area contributed by atoms with Crippen LogP contribution in [-0.2, 0) is 9.53 Å². The molecular formula is C11H22N2O2. The van der Waals surface area contributed by atoms with E-state index < -0.39 is 0 Å². The van der Waals surface area contributed by atoms with Crippen molar-refractivity contribution in [2.45, 2.75) is 44.7 Å². The first kappa shape index (κ1) is 12.5. The van der Waals surface area contributed by atoms with Gasteiger partial charge in [-0.25, -0.2) is 0 Å². The fraction of sp³-hybridized carbons (Fsp3) is 0.909. The number of amides is 1. The maximum Gasteiger partial charge on any atom is 0.239 e. The Morgan fingerprint density at radius 1 is 1.53 bits per heavy atom. The Bertz CT molecular complexity index is 203. The monoisotopic (exact) mass is 214 g/mol. The number of hydrogen-bond donors (Lipinski definition) is 1. The summed E-state index contributed by atoms with van der Waals surface area (Å²) in [4.78, 5) is 13.7. The summed E-state index contributed by atoms with van der Waals surface area (Å²) in [6.45, 7) is 3.55. The van der Waals surface area contributed by atoms with Gasteiger partial charge in [-0.15, -0.1) is 0 Å². The van der Waals surface area contributed by atoms with E-state index in [9.17, 15) is 4.79 Å². The normalized spacial score (nSPS) is 19.9. The number of nitrogens with zero attached hydrogens (tertiary/aromatic N) is 1. The summed E-state index contributed by atoms with van der Waals surface area (Å²) in [5.74, 6) is 0.0729. The molecule has 0 radical (unpaired) electrons. The number of likely N-dealkylation sites (N-methyl/N-ethyl adjacent to an activating group) is 1. The van der Waals surface area contributed by atoms with Crippen LogP contribution in [0.4, 0.5) is 0 Å². The minimum Gasteiger partial charge on any atom is -0.381 e. The van der Waals surface area contributed by atoms with Crippen LogP contribution >= 0.6 is 0 Å². The zero-order chi connectivity index (χ0) is 11.3. The molecule has 4 heteroatoms. The lowest BCUT2D eigenvalue weighted by molar-refractivity contribution is -0.135. The molecule has 15 heavy (non-hydrogen) atoms. The Hall–Kier alpha value is -0.610. The second-order valence-corrected chi connectivity index (χ2v) is 4.19. The first-order valence-electron chi connectivity index (χ1n) is 5.76. The fourth-order valence-electron chi connectivity index (χ4n) is 1.95. The highest BCUT2D eigenvalue weighted by molar-refractivity contribution is 5.81. The molecule has 0 aliphatic carbocycles. The first-order valence-corrected chi connectivity index (χ1v) is 5.76. The van der Waals surface area contributed by atoms with Gasteiger partial charge in [0.2, 0.25) is 5.91 Å². The van der Waals surface area contributed by atoms with Gasteiger partial charge in [0.15, 0.2) is 0 Å². The lowest BCUT2D eigenvalue weighted by Gasteiger charge is -2.32. The van der Waals surface area contributed by atoms with E-state index in [1.54, 1.807) is 0 Å². The van der Waals surface area contributed by atoms with Crippen molar-refractivity contribution in [2.75, 3.05) is 20.3 Å². The third-order valence-corrected chi connectivity index (χ3v) is 3.00. The van der Waals surface area contributed by atoms with E-state index in [0.29, 0.717) is 6.04 Å². The van der Waals surface area contributed by atoms with Gasteiger partial charge in [-0.05, 0) is 19.3 Å². The van der Waals surface area contributed by atoms with Gasteiger partial charge < -0.3 is 15.4 Å². The second-order valence-electron chi connectivity index (χ2n) is 4.19. The Balaban J connectivity index is 2.43. The largest absolute Gasteiger partial charge is 0.381 e. The van der Waals surface area contributed by atoms with Crippen LogP contribution in [0.25, 0.3) is 0 Å². The SMILES string of the molecule is CCC[C@H](N)C(=O)N(C)C1CCOCC1. The number of carbonyl (C=O) groups is 1. The van der Waals surface area contributed by atoms with Crippen molar-refractivity contribution in [1.82, 2.24) is 4.90 Å². The van der Waals surface area contributed by atoms with Gasteiger partial charge in [-0.1, -0.05) is 13.3 Å². The Labute approximate surface area is 91.8 Å². The highest BCUT2D eigenvalue weighted by Gasteiger charge is 2.25. The van der Waals surface area contributed by atoms with Gasteiger partial charge >= 0.3 is 0 Å². The van der Waals surface area contributed by atoms with Crippen LogP contribution < -0.4 is 5.73 Å². The standard InChI is InChI=1S/C11H22N2O2/c1-3-4-10(12)11(14)13(2)9-5-7-15-8-6-9/h9-10H,3-8,12H2,1-2H3/t10-/m0/s1. The molecule has 1 amide bonds. The van der Waals surface area contributed by atoms with Crippen molar-refractivity contribution >= 4 is 5.91 Å². The van der Waals surface area contributed by atoms with Crippen LogP contribution in [0.15, 0.2) is 0 Å². The Morgan fingerprint density at radius 3 is 2.67 bits per heavy atom. The van der Waals surface area contributed by atoms with Gasteiger partial charge in [0.1, 0.15) is 0 Å². The van der Waals surface area contributed by atoms with E-state index in [4.69, 9.17) is 10.5 Å². The summed E-state index contributed by atoms with van der Waals surface area (Å²) in [6.07, 6.45) is 3.59. The highest BCUT2D eigenvalue weighted by Crippen LogP contribution is 2.14. The molecule has 1 atom stereocenters. The second kappa shape index (κ2) is 6.08. The maximum absolute atomic E-state index is 11.9. The van der Waals surface area contributed by atoms with Crippen molar-refractivity contribution in [3.63, 3.8) is 0 Å². The van der Waals surface area contributed by atoms with Gasteiger partial charge in [0, 0.05) is 26.3 Å². The molecule has 0 bridgehead atoms. The highest BCUT2D eigenvalue weighted by atomic mass is 16.5. The molecule has 0 spiro atoms. The predicted octanol–water partition coefficient (Wildman–Crippen LogP) is 0.751. The molecule has 1 rings (SSSR count). The van der Waals surface area contributed by atoms with E-state index in [1.165, 1.54) is 0 Å². The molecule has 1 saturated heterocycles. The van der Waals surface area contributed by atoms with Crippen LogP contribution in [0.1, 0.15) is 32.6 Å². The quantitative estimate of drug-likeness (QED) is 0.751. The topological polar surface area (TPSA) is 55.6 Å². The minimum absolute atomic E-state index is 0.0729. The molecule has 0 saturated carbocycles. The average Bonchev–Trinajstić information content (AvgIpc) is 2.28. The number of nitrogens with two attached hydrogens (primary N) is 1. The summed E-state index contributed by atoms with van der Waals surface area (Å²) < 4.78 is 5.27. The van der Waals surface area contributed by atoms with Gasteiger partial charge in [0.25, 0.3) is 0 Å². The zero-order valence-corrected chi connectivity index (χ0v) is 9.74. The summed E-state index contributed by atoms with van der Waals surface area (Å²) in [5.41, 5.74) is 5.81. The maximum atomic E-state index is 11.9. The summed E-state index contributed by atoms with van der Waals surface area (Å²) >= 11 is 0. The number of rotatable bonds is 4. The lowest BCUT2D eigenvalue weighted by atomic mass is 10.1. The molecule has 1 fully saturated rings. The van der Waals surface area contributed by atoms with Crippen molar-refractivity contribution < 1.29 is 9.53 Å². The lowest BCUT2D eigenvalue weighted by Crippen LogP contribution is -2.48. The summed E-state index contributed by atoms with van der Waals surface area (Å²) in [6, 6.07) is -0.0167. The molecular weight excluding hydrogens is 192 g/mol. The van der Waals surface area contributed by atoms with Crippen LogP contribution in [0, 0.1) is 0 Å². The van der Waals surface area contributed by atoms with Gasteiger partial charge in [0.05, 0.1) is 6.04 Å². The van der Waals surface area contributed by atoms with E-state index in [1.807, 2.05) is 18.9 Å². The zero-order valence-electron chi connectivity index (χ0n) is 9.74. The van der Waals surface area contributed by atoms with Crippen LogP contribution in [0.2, 0.25) is 0 Å². The number of hydrogen-bond acceptors (Lipinski definition) is 3. The van der Waals surface area contributed by atoms with Crippen molar-refractivity contribution in [3.05, 3.63) is 0 Å². The van der Waals surface area contributed by atoms with Crippen molar-refractivity contribution in [1.29, 1.82) is 0 Å². The first-order chi connectivity index (χ1) is 7.16. The molecule has 1 heterocycles. The van der Waals surface area contributed by atoms with E-state index in [-0.39, 0.29) is 11.9 Å². The van der Waals surface area contributed by atoms with E-state index in [0.717, 1.165) is 38.9 Å². The van der Waals surface area contributed by atoms with Crippen LogP contribution in [0.5, 0.6) is 0 Å². The minimum atomic E-state index is -0.331. The van der Waals surface area contributed by atoms with E-state index >= 15 is 0 Å². The van der Waals surface area contributed by atoms with Crippen LogP contribution in [0.3, 0.4) is 0 Å². The molecule has 2 N–H and O–H groups in total. The average molecular weight is 214 g/mol. The van der Waals surface area contributed by atoms with E-state index in [2.05, 4.69) is 0 Å². The van der Waals surface area contributed by atoms with Crippen molar-refractivity contribution in [2.24, 2.45) is 5.73 Å². The molecule has 0 aromatic heterocycles. The third-order valence-electron chi connectivity index (χ3n) is 3.00. The fourth-order valence-corrected chi connectivity index (χ4v) is 1.95. The summed E-state index contributed by atoms with van der Waals surface area (Å²) in [5, 5.41) is 0. The smallest absolute Gasteiger partial charge is 0.239 e. The molecule has 88 valence electrons. The molecule has 1 aliphatic heterocycles. The number of ether oxygens (including phenoxy) is 1. The summed E-state index contributed by atoms with van der Waals surface area (Å²) in [7, 11) is 1.86. The third kappa shape index (κ3) is 3.47. The van der Waals surface area contributed by atoms with Crippen molar-refractivity contribution in [3.8, 4) is 0 Å². The Morgan fingerprint density at radius 2 is 2.13 bits per heavy atom. The molecule has 0 aromatic carbocycles. The predicted molar refractivity (Wildman–Crippen MR) is 59.5 cm³/mol. The molecule has 4 nitrogen and oxygen atoms in total. The van der Waals surface area contributed by atoms with Crippen LogP contribution in [-0.4, -0.2) is 43.2 Å². The van der Waals surface area contributed by atoms with Gasteiger partial charge in [-0.3, -0.25) is 4.79 Å². The molecule has 0 aromatic rings. The number of carbonyl (C=O) groups excluding carboxylic acids is 1. The Kier molecular flexibility index (Phi) is 5.05. The molecule has 0 unspecified atom stereocenters.